The van der Waals surface area contributed by atoms with Crippen molar-refractivity contribution in [3.63, 3.8) is 0 Å². The number of carbonyl (C=O) groups excluding carboxylic acids is 1. The predicted molar refractivity (Wildman–Crippen MR) is 105 cm³/mol. The summed E-state index contributed by atoms with van der Waals surface area (Å²) in [4.78, 5) is 11.7. The van der Waals surface area contributed by atoms with Crippen molar-refractivity contribution in [2.75, 3.05) is 7.11 Å². The van der Waals surface area contributed by atoms with E-state index in [1.54, 1.807) is 6.92 Å². The molecule has 5 nitrogen and oxygen atoms in total. The van der Waals surface area contributed by atoms with Crippen molar-refractivity contribution in [2.24, 2.45) is 0 Å². The van der Waals surface area contributed by atoms with Gasteiger partial charge in [0, 0.05) is 6.04 Å². The van der Waals surface area contributed by atoms with Crippen LogP contribution in [0.4, 0.5) is 0 Å². The molecule has 0 aliphatic heterocycles. The number of ether oxygens (including phenoxy) is 1. The molecule has 0 saturated carbocycles. The third kappa shape index (κ3) is 4.34. The van der Waals surface area contributed by atoms with Crippen LogP contribution in [0.3, 0.4) is 0 Å². The number of hydrogen-bond donors (Lipinski definition) is 1. The van der Waals surface area contributed by atoms with Crippen molar-refractivity contribution < 1.29 is 17.9 Å². The third-order valence-electron chi connectivity index (χ3n) is 4.86. The zero-order valence-electron chi connectivity index (χ0n) is 15.3. The Kier molecular flexibility index (Phi) is 5.89. The van der Waals surface area contributed by atoms with Gasteiger partial charge in [0.15, 0.2) is 0 Å². The highest BCUT2D eigenvalue weighted by Crippen LogP contribution is 2.26. The Morgan fingerprint density at radius 3 is 2.52 bits per heavy atom. The molecule has 1 aliphatic carbocycles. The maximum absolute atomic E-state index is 12.8. The number of fused-ring (bicyclic) bond motifs is 1. The Labute approximate surface area is 164 Å². The summed E-state index contributed by atoms with van der Waals surface area (Å²) in [5.41, 5.74) is 3.58. The molecule has 0 amide bonds. The first kappa shape index (κ1) is 19.9. The Morgan fingerprint density at radius 1 is 1.11 bits per heavy atom. The van der Waals surface area contributed by atoms with Crippen LogP contribution in [-0.4, -0.2) is 21.5 Å². The van der Waals surface area contributed by atoms with Gasteiger partial charge in [0.05, 0.1) is 22.6 Å². The highest BCUT2D eigenvalue weighted by molar-refractivity contribution is 7.89. The van der Waals surface area contributed by atoms with Gasteiger partial charge in [-0.2, -0.15) is 0 Å². The van der Waals surface area contributed by atoms with E-state index >= 15 is 0 Å². The van der Waals surface area contributed by atoms with Crippen molar-refractivity contribution in [1.29, 1.82) is 0 Å². The zero-order chi connectivity index (χ0) is 19.6. The number of nitrogens with one attached hydrogen (secondary N) is 1. The summed E-state index contributed by atoms with van der Waals surface area (Å²) in [5.74, 6) is -0.681. The minimum atomic E-state index is -3.83. The third-order valence-corrected chi connectivity index (χ3v) is 6.73. The first-order valence-corrected chi connectivity index (χ1v) is 10.7. The molecule has 27 heavy (non-hydrogen) atoms. The lowest BCUT2D eigenvalue weighted by atomic mass is 9.89. The Morgan fingerprint density at radius 2 is 1.81 bits per heavy atom. The van der Waals surface area contributed by atoms with Crippen LogP contribution < -0.4 is 4.72 Å². The Balaban J connectivity index is 1.85. The highest BCUT2D eigenvalue weighted by atomic mass is 35.5. The van der Waals surface area contributed by atoms with E-state index in [4.69, 9.17) is 11.6 Å². The molecule has 1 unspecified atom stereocenters. The molecule has 0 radical (unpaired) electrons. The highest BCUT2D eigenvalue weighted by Gasteiger charge is 2.22. The van der Waals surface area contributed by atoms with Crippen LogP contribution in [0.15, 0.2) is 41.3 Å². The summed E-state index contributed by atoms with van der Waals surface area (Å²) in [6.07, 6.45) is 4.48. The molecule has 0 saturated heterocycles. The molecule has 0 bridgehead atoms. The van der Waals surface area contributed by atoms with E-state index in [1.165, 1.54) is 42.9 Å². The minimum absolute atomic E-state index is 0.0171. The molecule has 144 valence electrons. The van der Waals surface area contributed by atoms with E-state index in [0.29, 0.717) is 0 Å². The molecule has 0 fully saturated rings. The zero-order valence-corrected chi connectivity index (χ0v) is 16.9. The monoisotopic (exact) mass is 407 g/mol. The topological polar surface area (TPSA) is 72.5 Å². The maximum atomic E-state index is 12.8. The van der Waals surface area contributed by atoms with E-state index in [0.717, 1.165) is 24.8 Å². The van der Waals surface area contributed by atoms with Gasteiger partial charge in [-0.3, -0.25) is 0 Å². The lowest BCUT2D eigenvalue weighted by molar-refractivity contribution is 0.0600. The molecule has 2 aromatic rings. The molecule has 2 aromatic carbocycles. The molecule has 0 heterocycles. The molecule has 7 heteroatoms. The van der Waals surface area contributed by atoms with E-state index in [9.17, 15) is 13.2 Å². The standard InChI is InChI=1S/C20H22ClNO4S/c1-13(15-8-7-14-5-3-4-6-16(14)11-15)22-27(24,25)17-9-10-19(21)18(12-17)20(23)26-2/h7-13,22H,3-6H2,1-2H3. The van der Waals surface area contributed by atoms with Crippen molar-refractivity contribution in [3.05, 3.63) is 63.7 Å². The van der Waals surface area contributed by atoms with E-state index in [1.807, 2.05) is 6.07 Å². The van der Waals surface area contributed by atoms with Crippen LogP contribution in [-0.2, 0) is 27.6 Å². The Bertz CT molecular complexity index is 972. The number of hydrogen-bond acceptors (Lipinski definition) is 4. The lowest BCUT2D eigenvalue weighted by Gasteiger charge is -2.20. The van der Waals surface area contributed by atoms with Crippen molar-refractivity contribution in [2.45, 2.75) is 43.5 Å². The first-order chi connectivity index (χ1) is 12.8. The molecule has 0 aromatic heterocycles. The Hall–Kier alpha value is -1.89. The average molecular weight is 408 g/mol. The first-order valence-electron chi connectivity index (χ1n) is 8.83. The van der Waals surface area contributed by atoms with Gasteiger partial charge in [0.2, 0.25) is 10.0 Å². The molecular weight excluding hydrogens is 386 g/mol. The summed E-state index contributed by atoms with van der Waals surface area (Å²) >= 11 is 5.97. The van der Waals surface area contributed by atoms with Crippen molar-refractivity contribution in [3.8, 4) is 0 Å². The van der Waals surface area contributed by atoms with Gasteiger partial charge in [-0.15, -0.1) is 0 Å². The van der Waals surface area contributed by atoms with Gasteiger partial charge < -0.3 is 4.74 Å². The molecule has 3 rings (SSSR count). The summed E-state index contributed by atoms with van der Waals surface area (Å²) in [7, 11) is -2.61. The number of esters is 1. The summed E-state index contributed by atoms with van der Waals surface area (Å²) < 4.78 is 32.9. The van der Waals surface area contributed by atoms with Crippen LogP contribution in [0.1, 0.15) is 52.9 Å². The van der Waals surface area contributed by atoms with Gasteiger partial charge in [-0.1, -0.05) is 29.8 Å². The quantitative estimate of drug-likeness (QED) is 0.759. The van der Waals surface area contributed by atoms with E-state index in [2.05, 4.69) is 21.6 Å². The van der Waals surface area contributed by atoms with Gasteiger partial charge >= 0.3 is 5.97 Å². The molecule has 1 N–H and O–H groups in total. The van der Waals surface area contributed by atoms with Crippen molar-refractivity contribution >= 4 is 27.6 Å². The number of aryl methyl sites for hydroxylation is 2. The number of methoxy groups -OCH3 is 1. The fraction of sp³-hybridized carbons (Fsp3) is 0.350. The average Bonchev–Trinajstić information content (AvgIpc) is 2.66. The van der Waals surface area contributed by atoms with Crippen LogP contribution in [0.25, 0.3) is 0 Å². The van der Waals surface area contributed by atoms with Crippen molar-refractivity contribution in [1.82, 2.24) is 4.72 Å². The SMILES string of the molecule is COC(=O)c1cc(S(=O)(=O)NC(C)c2ccc3c(c2)CCCC3)ccc1Cl. The van der Waals surface area contributed by atoms with Gasteiger partial charge in [0.1, 0.15) is 0 Å². The van der Waals surface area contributed by atoms with Gasteiger partial charge in [-0.25, -0.2) is 17.9 Å². The van der Waals surface area contributed by atoms with Crippen LogP contribution >= 0.6 is 11.6 Å². The summed E-state index contributed by atoms with van der Waals surface area (Å²) in [6.45, 7) is 1.80. The second-order valence-electron chi connectivity index (χ2n) is 6.71. The fourth-order valence-corrected chi connectivity index (χ4v) is 4.78. The van der Waals surface area contributed by atoms with Gasteiger partial charge in [-0.05, 0) is 67.5 Å². The largest absolute Gasteiger partial charge is 0.465 e. The molecule has 1 aliphatic rings. The minimum Gasteiger partial charge on any atom is -0.465 e. The van der Waals surface area contributed by atoms with E-state index in [-0.39, 0.29) is 15.5 Å². The summed E-state index contributed by atoms with van der Waals surface area (Å²) in [5, 5.41) is 0.142. The van der Waals surface area contributed by atoms with Crippen LogP contribution in [0.2, 0.25) is 5.02 Å². The number of carbonyl (C=O) groups is 1. The summed E-state index contributed by atoms with van der Waals surface area (Å²) in [6, 6.07) is 9.73. The maximum Gasteiger partial charge on any atom is 0.339 e. The van der Waals surface area contributed by atoms with Crippen LogP contribution in [0.5, 0.6) is 0 Å². The molecular formula is C20H22ClNO4S. The smallest absolute Gasteiger partial charge is 0.339 e. The number of rotatable bonds is 5. The lowest BCUT2D eigenvalue weighted by Crippen LogP contribution is -2.27. The normalized spacial score (nSPS) is 15.1. The van der Waals surface area contributed by atoms with E-state index < -0.39 is 22.0 Å². The molecule has 1 atom stereocenters. The molecule has 0 spiro atoms. The second kappa shape index (κ2) is 8.00. The fourth-order valence-electron chi connectivity index (χ4n) is 3.33. The van der Waals surface area contributed by atoms with Gasteiger partial charge in [0.25, 0.3) is 0 Å². The predicted octanol–water partition coefficient (Wildman–Crippen LogP) is 4.04. The number of halogens is 1. The number of sulfonamides is 1. The van der Waals surface area contributed by atoms with Crippen LogP contribution in [0, 0.1) is 0 Å². The second-order valence-corrected chi connectivity index (χ2v) is 8.83. The number of benzene rings is 2.